The van der Waals surface area contributed by atoms with Gasteiger partial charge in [0.05, 0.1) is 11.4 Å². The summed E-state index contributed by atoms with van der Waals surface area (Å²) in [6, 6.07) is 25.4. The van der Waals surface area contributed by atoms with E-state index in [-0.39, 0.29) is 0 Å². The molecule has 110 valence electrons. The first-order valence-electron chi connectivity index (χ1n) is 7.54. The Kier molecular flexibility index (Phi) is 3.57. The number of hydrogen-bond acceptors (Lipinski definition) is 2. The Morgan fingerprint density at radius 3 is 1.91 bits per heavy atom. The third-order valence-electron chi connectivity index (χ3n) is 3.99. The highest BCUT2D eigenvalue weighted by molar-refractivity contribution is 7.99. The van der Waals surface area contributed by atoms with Crippen molar-refractivity contribution in [3.05, 3.63) is 83.9 Å². The molecule has 0 atom stereocenters. The molecule has 0 unspecified atom stereocenters. The molecule has 0 amide bonds. The van der Waals surface area contributed by atoms with E-state index in [9.17, 15) is 0 Å². The van der Waals surface area contributed by atoms with Crippen LogP contribution in [0.25, 0.3) is 0 Å². The van der Waals surface area contributed by atoms with Gasteiger partial charge in [-0.2, -0.15) is 0 Å². The van der Waals surface area contributed by atoms with Crippen molar-refractivity contribution < 1.29 is 0 Å². The molecule has 0 radical (unpaired) electrons. The second-order valence-electron chi connectivity index (χ2n) is 5.46. The van der Waals surface area contributed by atoms with Crippen molar-refractivity contribution in [3.63, 3.8) is 0 Å². The summed E-state index contributed by atoms with van der Waals surface area (Å²) in [5, 5.41) is 0. The SMILES string of the molecule is [13CH]#[13C]c1ccc(CN2c3ccccc3Sc3ccccc32)cc1. The fourth-order valence-electron chi connectivity index (χ4n) is 2.84. The largest absolute Gasteiger partial charge is 0.335 e. The van der Waals surface area contributed by atoms with Crippen molar-refractivity contribution in [2.24, 2.45) is 0 Å². The predicted molar refractivity (Wildman–Crippen MR) is 97.2 cm³/mol. The topological polar surface area (TPSA) is 3.24 Å². The van der Waals surface area contributed by atoms with Crippen molar-refractivity contribution in [1.82, 2.24) is 0 Å². The van der Waals surface area contributed by atoms with E-state index in [0.717, 1.165) is 12.1 Å². The van der Waals surface area contributed by atoms with Gasteiger partial charge in [-0.1, -0.05) is 54.1 Å². The first-order valence-corrected chi connectivity index (χ1v) is 8.36. The highest BCUT2D eigenvalue weighted by Gasteiger charge is 2.22. The van der Waals surface area contributed by atoms with Crippen LogP contribution in [0.15, 0.2) is 82.6 Å². The van der Waals surface area contributed by atoms with Crippen molar-refractivity contribution in [3.8, 4) is 12.3 Å². The molecule has 1 aliphatic rings. The standard InChI is InChI=1S/C21H15NS/c1-2-16-11-13-17(14-12-16)15-22-18-7-3-5-9-20(18)23-21-10-6-4-8-19(21)22/h1,3-14H,15H2/i1+1,2+1. The molecule has 0 aromatic heterocycles. The fraction of sp³-hybridized carbons (Fsp3) is 0.0476. The summed E-state index contributed by atoms with van der Waals surface area (Å²) in [5.74, 6) is 2.67. The van der Waals surface area contributed by atoms with Crippen molar-refractivity contribution in [2.75, 3.05) is 4.90 Å². The van der Waals surface area contributed by atoms with Gasteiger partial charge in [-0.3, -0.25) is 0 Å². The molecule has 0 bridgehead atoms. The number of fused-ring (bicyclic) bond motifs is 2. The first-order chi connectivity index (χ1) is 11.3. The number of para-hydroxylation sites is 2. The maximum atomic E-state index is 5.45. The van der Waals surface area contributed by atoms with Gasteiger partial charge in [0.2, 0.25) is 0 Å². The molecule has 0 fully saturated rings. The minimum Gasteiger partial charge on any atom is -0.335 e. The summed E-state index contributed by atoms with van der Waals surface area (Å²) in [5.41, 5.74) is 4.69. The van der Waals surface area contributed by atoms with E-state index in [1.165, 1.54) is 26.7 Å². The molecule has 0 N–H and O–H groups in total. The molecule has 3 aromatic carbocycles. The second kappa shape index (κ2) is 5.87. The molecular weight excluding hydrogens is 300 g/mol. The summed E-state index contributed by atoms with van der Waals surface area (Å²) in [7, 11) is 0. The van der Waals surface area contributed by atoms with Gasteiger partial charge in [0.25, 0.3) is 0 Å². The molecule has 2 heteroatoms. The number of anilines is 2. The number of benzene rings is 3. The molecular formula is C21H15NS. The van der Waals surface area contributed by atoms with E-state index >= 15 is 0 Å². The molecule has 0 saturated carbocycles. The van der Waals surface area contributed by atoms with Crippen LogP contribution < -0.4 is 4.90 Å². The maximum absolute atomic E-state index is 5.45. The average molecular weight is 315 g/mol. The third-order valence-corrected chi connectivity index (χ3v) is 5.12. The number of nitrogens with zero attached hydrogens (tertiary/aromatic N) is 1. The average Bonchev–Trinajstić information content (AvgIpc) is 2.62. The lowest BCUT2D eigenvalue weighted by Crippen LogP contribution is -2.20. The zero-order valence-corrected chi connectivity index (χ0v) is 13.4. The zero-order chi connectivity index (χ0) is 15.6. The van der Waals surface area contributed by atoms with E-state index in [0.29, 0.717) is 0 Å². The summed E-state index contributed by atoms with van der Waals surface area (Å²) >= 11 is 1.83. The number of hydrogen-bond donors (Lipinski definition) is 0. The highest BCUT2D eigenvalue weighted by Crippen LogP contribution is 2.48. The summed E-state index contributed by atoms with van der Waals surface area (Å²) in [6.07, 6.45) is 5.45. The Hall–Kier alpha value is -2.63. The van der Waals surface area contributed by atoms with E-state index in [1.54, 1.807) is 0 Å². The summed E-state index contributed by atoms with van der Waals surface area (Å²) in [6.45, 7) is 0.833. The Balaban J connectivity index is 1.76. The van der Waals surface area contributed by atoms with Gasteiger partial charge < -0.3 is 4.90 Å². The minimum atomic E-state index is 0.833. The molecule has 0 saturated heterocycles. The van der Waals surface area contributed by atoms with E-state index in [2.05, 4.69) is 71.5 Å². The molecule has 1 heterocycles. The quantitative estimate of drug-likeness (QED) is 0.455. The van der Waals surface area contributed by atoms with Crippen LogP contribution in [0.1, 0.15) is 11.1 Å². The van der Waals surface area contributed by atoms with Gasteiger partial charge in [0, 0.05) is 21.9 Å². The van der Waals surface area contributed by atoms with Gasteiger partial charge in [0.1, 0.15) is 0 Å². The Morgan fingerprint density at radius 2 is 1.35 bits per heavy atom. The van der Waals surface area contributed by atoms with Crippen molar-refractivity contribution in [1.29, 1.82) is 0 Å². The lowest BCUT2D eigenvalue weighted by atomic mass is 10.1. The minimum absolute atomic E-state index is 0.833. The van der Waals surface area contributed by atoms with E-state index in [1.807, 2.05) is 23.9 Å². The van der Waals surface area contributed by atoms with Crippen LogP contribution in [0.4, 0.5) is 11.4 Å². The Labute approximate surface area is 141 Å². The maximum Gasteiger partial charge on any atom is 0.0556 e. The van der Waals surface area contributed by atoms with E-state index in [4.69, 9.17) is 6.42 Å². The van der Waals surface area contributed by atoms with Crippen LogP contribution in [0.3, 0.4) is 0 Å². The summed E-state index contributed by atoms with van der Waals surface area (Å²) in [4.78, 5) is 4.98. The predicted octanol–water partition coefficient (Wildman–Crippen LogP) is 5.47. The molecule has 0 spiro atoms. The van der Waals surface area contributed by atoms with Gasteiger partial charge in [-0.15, -0.1) is 6.42 Å². The number of rotatable bonds is 2. The molecule has 1 aliphatic heterocycles. The number of terminal acetylenes is 1. The van der Waals surface area contributed by atoms with Crippen LogP contribution in [-0.4, -0.2) is 0 Å². The normalized spacial score (nSPS) is 12.2. The zero-order valence-electron chi connectivity index (χ0n) is 12.6. The van der Waals surface area contributed by atoms with Crippen molar-refractivity contribution in [2.45, 2.75) is 16.3 Å². The smallest absolute Gasteiger partial charge is 0.0556 e. The monoisotopic (exact) mass is 315 g/mol. The first kappa shape index (κ1) is 14.0. The van der Waals surface area contributed by atoms with Gasteiger partial charge in [-0.25, -0.2) is 0 Å². The van der Waals surface area contributed by atoms with E-state index < -0.39 is 0 Å². The molecule has 4 rings (SSSR count). The van der Waals surface area contributed by atoms with Crippen LogP contribution in [0.2, 0.25) is 0 Å². The molecule has 1 nitrogen and oxygen atoms in total. The van der Waals surface area contributed by atoms with Gasteiger partial charge in [-0.05, 0) is 42.0 Å². The highest BCUT2D eigenvalue weighted by atomic mass is 32.2. The van der Waals surface area contributed by atoms with Crippen LogP contribution >= 0.6 is 11.8 Å². The van der Waals surface area contributed by atoms with Crippen LogP contribution in [-0.2, 0) is 6.54 Å². The summed E-state index contributed by atoms with van der Waals surface area (Å²) < 4.78 is 0. The third kappa shape index (κ3) is 2.60. The van der Waals surface area contributed by atoms with Gasteiger partial charge in [0.15, 0.2) is 0 Å². The lowest BCUT2D eigenvalue weighted by Gasteiger charge is -2.32. The van der Waals surface area contributed by atoms with Gasteiger partial charge >= 0.3 is 0 Å². The van der Waals surface area contributed by atoms with Crippen molar-refractivity contribution >= 4 is 23.1 Å². The van der Waals surface area contributed by atoms with Crippen LogP contribution in [0.5, 0.6) is 0 Å². The Bertz CT molecular complexity index is 845. The second-order valence-corrected chi connectivity index (χ2v) is 6.55. The van der Waals surface area contributed by atoms with Crippen LogP contribution in [0, 0.1) is 12.3 Å². The molecule has 23 heavy (non-hydrogen) atoms. The fourth-order valence-corrected chi connectivity index (χ4v) is 3.94. The lowest BCUT2D eigenvalue weighted by molar-refractivity contribution is 0.938. The molecule has 0 aliphatic carbocycles. The Morgan fingerprint density at radius 1 is 0.783 bits per heavy atom. The molecule has 3 aromatic rings.